The zero-order chi connectivity index (χ0) is 21.7. The average Bonchev–Trinajstić information content (AvgIpc) is 3.50. The summed E-state index contributed by atoms with van der Waals surface area (Å²) in [5, 5.41) is 11.7. The molecule has 0 unspecified atom stereocenters. The van der Waals surface area contributed by atoms with Crippen LogP contribution < -0.4 is 0 Å². The Bertz CT molecular complexity index is 1070. The first-order chi connectivity index (χ1) is 14.4. The van der Waals surface area contributed by atoms with Crippen molar-refractivity contribution >= 4 is 51.1 Å². The fraction of sp³-hybridized carbons (Fsp3) is 0.261. The number of hydrogen-bond acceptors (Lipinski definition) is 4. The predicted octanol–water partition coefficient (Wildman–Crippen LogP) is 7.28. The van der Waals surface area contributed by atoms with Gasteiger partial charge in [-0.15, -0.1) is 0 Å². The SMILES string of the molecule is C1CCOC1.Cc1ccc(Cl)c2oc(C(=O)O)cc12.Cc1ccc(Cl)c2occc12. The summed E-state index contributed by atoms with van der Waals surface area (Å²) < 4.78 is 15.3. The Hall–Kier alpha value is -2.47. The van der Waals surface area contributed by atoms with Crippen LogP contribution in [0.25, 0.3) is 21.9 Å². The lowest BCUT2D eigenvalue weighted by Gasteiger charge is -1.94. The Labute approximate surface area is 184 Å². The van der Waals surface area contributed by atoms with Crippen LogP contribution in [0.15, 0.2) is 51.5 Å². The van der Waals surface area contributed by atoms with Crippen molar-refractivity contribution in [2.75, 3.05) is 13.2 Å². The van der Waals surface area contributed by atoms with Gasteiger partial charge in [-0.25, -0.2) is 4.79 Å². The molecule has 4 aromatic rings. The highest BCUT2D eigenvalue weighted by molar-refractivity contribution is 6.35. The van der Waals surface area contributed by atoms with Gasteiger partial charge in [-0.3, -0.25) is 0 Å². The minimum absolute atomic E-state index is 0.0869. The molecule has 0 bridgehead atoms. The van der Waals surface area contributed by atoms with Crippen LogP contribution in [-0.4, -0.2) is 24.3 Å². The number of benzene rings is 2. The van der Waals surface area contributed by atoms with E-state index in [1.807, 2.05) is 38.1 Å². The summed E-state index contributed by atoms with van der Waals surface area (Å²) in [6.45, 7) is 5.91. The maximum atomic E-state index is 10.7. The smallest absolute Gasteiger partial charge is 0.371 e. The second kappa shape index (κ2) is 10.0. The zero-order valence-electron chi connectivity index (χ0n) is 16.7. The van der Waals surface area contributed by atoms with Crippen LogP contribution in [0.1, 0.15) is 34.5 Å². The van der Waals surface area contributed by atoms with Crippen LogP contribution in [0.2, 0.25) is 10.0 Å². The van der Waals surface area contributed by atoms with Crippen molar-refractivity contribution in [3.63, 3.8) is 0 Å². The zero-order valence-corrected chi connectivity index (χ0v) is 18.2. The Morgan fingerprint density at radius 2 is 1.50 bits per heavy atom. The van der Waals surface area contributed by atoms with Gasteiger partial charge in [-0.2, -0.15) is 0 Å². The van der Waals surface area contributed by atoms with E-state index in [2.05, 4.69) is 0 Å². The molecule has 5 nitrogen and oxygen atoms in total. The van der Waals surface area contributed by atoms with Crippen molar-refractivity contribution < 1.29 is 23.5 Å². The first-order valence-electron chi connectivity index (χ1n) is 9.50. The van der Waals surface area contributed by atoms with Gasteiger partial charge in [0.05, 0.1) is 16.3 Å². The third kappa shape index (κ3) is 5.17. The van der Waals surface area contributed by atoms with E-state index in [9.17, 15) is 4.79 Å². The molecule has 3 heterocycles. The molecule has 0 saturated carbocycles. The molecule has 0 radical (unpaired) electrons. The molecular formula is C23H22Cl2O5. The van der Waals surface area contributed by atoms with Crippen LogP contribution >= 0.6 is 23.2 Å². The number of rotatable bonds is 1. The number of carboxylic acid groups (broad SMARTS) is 1. The number of carbonyl (C=O) groups is 1. The molecule has 1 fully saturated rings. The number of ether oxygens (including phenoxy) is 1. The standard InChI is InChI=1S/C10H7ClO3.C9H7ClO.C4H8O/c1-5-2-3-7(11)9-6(5)4-8(14-9)10(12)13;1-6-2-3-8(10)9-7(6)4-5-11-9;1-2-4-5-3-1/h2-4H,1H3,(H,12,13);2-5H,1H3;1-4H2. The van der Waals surface area contributed by atoms with E-state index in [4.69, 9.17) is 41.9 Å². The van der Waals surface area contributed by atoms with Crippen molar-refractivity contribution in [1.29, 1.82) is 0 Å². The molecule has 1 aliphatic rings. The lowest BCUT2D eigenvalue weighted by Crippen LogP contribution is -1.91. The van der Waals surface area contributed by atoms with E-state index >= 15 is 0 Å². The summed E-state index contributed by atoms with van der Waals surface area (Å²) in [4.78, 5) is 10.7. The lowest BCUT2D eigenvalue weighted by atomic mass is 10.1. The van der Waals surface area contributed by atoms with Gasteiger partial charge in [0.25, 0.3) is 0 Å². The molecule has 30 heavy (non-hydrogen) atoms. The molecule has 1 aliphatic heterocycles. The number of furan rings is 2. The van der Waals surface area contributed by atoms with Crippen molar-refractivity contribution in [3.8, 4) is 0 Å². The van der Waals surface area contributed by atoms with E-state index < -0.39 is 5.97 Å². The molecule has 1 saturated heterocycles. The van der Waals surface area contributed by atoms with Crippen molar-refractivity contribution in [2.45, 2.75) is 26.7 Å². The van der Waals surface area contributed by atoms with Crippen molar-refractivity contribution in [1.82, 2.24) is 0 Å². The van der Waals surface area contributed by atoms with E-state index in [-0.39, 0.29) is 5.76 Å². The second-order valence-electron chi connectivity index (χ2n) is 6.87. The number of aryl methyl sites for hydroxylation is 2. The van der Waals surface area contributed by atoms with Crippen molar-refractivity contribution in [2.24, 2.45) is 0 Å². The van der Waals surface area contributed by atoms with Gasteiger partial charge in [0.2, 0.25) is 5.76 Å². The first kappa shape index (κ1) is 22.2. The molecular weight excluding hydrogens is 427 g/mol. The van der Waals surface area contributed by atoms with Gasteiger partial charge in [-0.1, -0.05) is 35.3 Å². The van der Waals surface area contributed by atoms with Crippen LogP contribution in [0.4, 0.5) is 0 Å². The normalized spacial score (nSPS) is 12.9. The van der Waals surface area contributed by atoms with Crippen LogP contribution in [0, 0.1) is 13.8 Å². The molecule has 2 aromatic carbocycles. The van der Waals surface area contributed by atoms with Crippen LogP contribution in [-0.2, 0) is 4.74 Å². The van der Waals surface area contributed by atoms with Gasteiger partial charge >= 0.3 is 5.97 Å². The number of aromatic carboxylic acids is 1. The highest BCUT2D eigenvalue weighted by Gasteiger charge is 2.13. The highest BCUT2D eigenvalue weighted by atomic mass is 35.5. The van der Waals surface area contributed by atoms with Gasteiger partial charge in [0, 0.05) is 24.0 Å². The van der Waals surface area contributed by atoms with Crippen molar-refractivity contribution in [3.05, 3.63) is 69.6 Å². The maximum Gasteiger partial charge on any atom is 0.371 e. The van der Waals surface area contributed by atoms with Gasteiger partial charge in [0.1, 0.15) is 0 Å². The molecule has 0 amide bonds. The molecule has 5 rings (SSSR count). The summed E-state index contributed by atoms with van der Waals surface area (Å²) in [5.41, 5.74) is 3.36. The molecule has 1 N–H and O–H groups in total. The predicted molar refractivity (Wildman–Crippen MR) is 119 cm³/mol. The van der Waals surface area contributed by atoms with E-state index in [0.29, 0.717) is 15.6 Å². The first-order valence-corrected chi connectivity index (χ1v) is 10.3. The summed E-state index contributed by atoms with van der Waals surface area (Å²) in [7, 11) is 0. The third-order valence-electron chi connectivity index (χ3n) is 4.68. The quantitative estimate of drug-likeness (QED) is 0.331. The fourth-order valence-corrected chi connectivity index (χ4v) is 3.42. The van der Waals surface area contributed by atoms with Crippen LogP contribution in [0.3, 0.4) is 0 Å². The van der Waals surface area contributed by atoms with Gasteiger partial charge in [-0.05, 0) is 62.1 Å². The maximum absolute atomic E-state index is 10.7. The van der Waals surface area contributed by atoms with E-state index in [1.54, 1.807) is 12.3 Å². The second-order valence-corrected chi connectivity index (χ2v) is 7.68. The Balaban J connectivity index is 0.000000142. The average molecular weight is 449 g/mol. The number of carboxylic acids is 1. The van der Waals surface area contributed by atoms with Gasteiger partial charge < -0.3 is 18.7 Å². The summed E-state index contributed by atoms with van der Waals surface area (Å²) in [5.74, 6) is -1.17. The molecule has 2 aromatic heterocycles. The highest BCUT2D eigenvalue weighted by Crippen LogP contribution is 2.29. The third-order valence-corrected chi connectivity index (χ3v) is 5.27. The monoisotopic (exact) mass is 448 g/mol. The van der Waals surface area contributed by atoms with Gasteiger partial charge in [0.15, 0.2) is 11.2 Å². The molecule has 0 spiro atoms. The Morgan fingerprint density at radius 1 is 0.900 bits per heavy atom. The lowest BCUT2D eigenvalue weighted by molar-refractivity contribution is 0.0665. The number of hydrogen-bond donors (Lipinski definition) is 1. The summed E-state index contributed by atoms with van der Waals surface area (Å²) >= 11 is 11.7. The fourth-order valence-electron chi connectivity index (χ4n) is 3.01. The number of fused-ring (bicyclic) bond motifs is 2. The minimum atomic E-state index is -1.09. The number of halogens is 2. The molecule has 158 valence electrons. The molecule has 7 heteroatoms. The topological polar surface area (TPSA) is 72.8 Å². The summed E-state index contributed by atoms with van der Waals surface area (Å²) in [6.07, 6.45) is 4.21. The molecule has 0 aliphatic carbocycles. The minimum Gasteiger partial charge on any atom is -0.475 e. The Morgan fingerprint density at radius 3 is 2.00 bits per heavy atom. The van der Waals surface area contributed by atoms with Crippen LogP contribution in [0.5, 0.6) is 0 Å². The molecule has 0 atom stereocenters. The largest absolute Gasteiger partial charge is 0.475 e. The summed E-state index contributed by atoms with van der Waals surface area (Å²) in [6, 6.07) is 10.8. The van der Waals surface area contributed by atoms with E-state index in [1.165, 1.54) is 24.5 Å². The van der Waals surface area contributed by atoms with E-state index in [0.717, 1.165) is 35.1 Å². The Kier molecular flexibility index (Phi) is 7.43.